The number of carbonyl (C=O) groups is 1. The van der Waals surface area contributed by atoms with Crippen LogP contribution in [0.3, 0.4) is 0 Å². The van der Waals surface area contributed by atoms with Crippen LogP contribution in [0.4, 0.5) is 0 Å². The first kappa shape index (κ1) is 6.17. The lowest BCUT2D eigenvalue weighted by Gasteiger charge is -1.92. The smallest absolute Gasteiger partial charge is 0.244 e. The number of amides is 1. The predicted octanol–water partition coefficient (Wildman–Crippen LogP) is -0.852. The molecule has 4 N–H and O–H groups in total. The van der Waals surface area contributed by atoms with E-state index >= 15 is 0 Å². The lowest BCUT2D eigenvalue weighted by atomic mass is 10.3. The second-order valence-electron chi connectivity index (χ2n) is 1.02. The van der Waals surface area contributed by atoms with E-state index in [1.165, 1.54) is 6.08 Å². The maximum atomic E-state index is 9.92. The Morgan fingerprint density at radius 1 is 1.57 bits per heavy atom. The molecule has 0 rings (SSSR count). The van der Waals surface area contributed by atoms with Crippen molar-refractivity contribution in [3.05, 3.63) is 18.7 Å². The Morgan fingerprint density at radius 3 is 2.00 bits per heavy atom. The molecule has 3 nitrogen and oxygen atoms in total. The molecule has 0 spiro atoms. The van der Waals surface area contributed by atoms with Crippen molar-refractivity contribution in [2.75, 3.05) is 0 Å². The Balaban J connectivity index is 3.55. The number of hydrogen-bond acceptors (Lipinski definition) is 2. The van der Waals surface area contributed by atoms with Gasteiger partial charge in [0.15, 0.2) is 0 Å². The highest BCUT2D eigenvalue weighted by molar-refractivity contribution is 5.89. The minimum absolute atomic E-state index is 0.000000000000000222. The molecule has 0 bridgehead atoms. The van der Waals surface area contributed by atoms with Gasteiger partial charge in [0.1, 0.15) is 6.04 Å². The van der Waals surface area contributed by atoms with Gasteiger partial charge in [0.05, 0.1) is 0 Å². The molecule has 0 unspecified atom stereocenters. The molecular formula is C4H7N2O. The molecule has 7 heavy (non-hydrogen) atoms. The fourth-order valence-electron chi connectivity index (χ4n) is 0.101. The van der Waals surface area contributed by atoms with Crippen molar-refractivity contribution in [1.82, 2.24) is 0 Å². The summed E-state index contributed by atoms with van der Waals surface area (Å²) < 4.78 is 0. The maximum absolute atomic E-state index is 9.92. The highest BCUT2D eigenvalue weighted by atomic mass is 16.1. The van der Waals surface area contributed by atoms with Crippen LogP contribution in [0.15, 0.2) is 12.7 Å². The first-order valence-corrected chi connectivity index (χ1v) is 1.73. The van der Waals surface area contributed by atoms with Crippen molar-refractivity contribution >= 4 is 5.91 Å². The van der Waals surface area contributed by atoms with Crippen molar-refractivity contribution in [2.45, 2.75) is 0 Å². The number of rotatable bonds is 2. The van der Waals surface area contributed by atoms with E-state index in [2.05, 4.69) is 12.3 Å². The van der Waals surface area contributed by atoms with E-state index in [-0.39, 0.29) is 6.04 Å². The molecule has 0 saturated heterocycles. The van der Waals surface area contributed by atoms with Crippen molar-refractivity contribution in [2.24, 2.45) is 11.5 Å². The van der Waals surface area contributed by atoms with Gasteiger partial charge in [0.2, 0.25) is 5.91 Å². The van der Waals surface area contributed by atoms with Gasteiger partial charge in [-0.2, -0.15) is 0 Å². The van der Waals surface area contributed by atoms with Crippen LogP contribution in [0.1, 0.15) is 0 Å². The predicted molar refractivity (Wildman–Crippen MR) is 26.8 cm³/mol. The SMILES string of the molecule is C=C[C](N)C(N)=O. The van der Waals surface area contributed by atoms with E-state index in [1.807, 2.05) is 0 Å². The Hall–Kier alpha value is -0.830. The van der Waals surface area contributed by atoms with Gasteiger partial charge in [0.25, 0.3) is 0 Å². The first-order valence-electron chi connectivity index (χ1n) is 1.73. The summed E-state index contributed by atoms with van der Waals surface area (Å²) in [4.78, 5) is 9.92. The van der Waals surface area contributed by atoms with E-state index in [0.717, 1.165) is 0 Å². The topological polar surface area (TPSA) is 69.1 Å². The minimum atomic E-state index is -0.630. The zero-order chi connectivity index (χ0) is 5.86. The summed E-state index contributed by atoms with van der Waals surface area (Å²) in [5.41, 5.74) is 9.61. The average molecular weight is 99.1 g/mol. The van der Waals surface area contributed by atoms with Gasteiger partial charge in [-0.05, 0) is 0 Å². The van der Waals surface area contributed by atoms with Gasteiger partial charge in [-0.1, -0.05) is 6.08 Å². The Bertz CT molecular complexity index is 89.7. The van der Waals surface area contributed by atoms with Crippen LogP contribution in [0.5, 0.6) is 0 Å². The third-order valence-corrected chi connectivity index (χ3v) is 0.504. The molecule has 0 aromatic carbocycles. The summed E-state index contributed by atoms with van der Waals surface area (Å²) in [7, 11) is 0. The normalized spacial score (nSPS) is 8.86. The molecule has 0 aliphatic rings. The van der Waals surface area contributed by atoms with Crippen molar-refractivity contribution in [3.8, 4) is 0 Å². The summed E-state index contributed by atoms with van der Waals surface area (Å²) in [5.74, 6) is -0.630. The molecule has 0 heterocycles. The number of nitrogens with two attached hydrogens (primary N) is 2. The number of carbonyl (C=O) groups excluding carboxylic acids is 1. The lowest BCUT2D eigenvalue weighted by molar-refractivity contribution is -0.115. The molecule has 0 fully saturated rings. The number of primary amides is 1. The first-order chi connectivity index (χ1) is 3.18. The maximum Gasteiger partial charge on any atom is 0.244 e. The molecule has 0 aromatic heterocycles. The highest BCUT2D eigenvalue weighted by Crippen LogP contribution is 1.83. The third kappa shape index (κ3) is 1.94. The number of hydrogen-bond donors (Lipinski definition) is 2. The van der Waals surface area contributed by atoms with Gasteiger partial charge in [-0.3, -0.25) is 4.79 Å². The van der Waals surface area contributed by atoms with Crippen LogP contribution in [0, 0.1) is 6.04 Å². The monoisotopic (exact) mass is 99.1 g/mol. The van der Waals surface area contributed by atoms with Crippen molar-refractivity contribution < 1.29 is 4.79 Å². The fourth-order valence-corrected chi connectivity index (χ4v) is 0.101. The van der Waals surface area contributed by atoms with Gasteiger partial charge < -0.3 is 11.5 Å². The summed E-state index contributed by atoms with van der Waals surface area (Å²) in [6.45, 7) is 3.22. The lowest BCUT2D eigenvalue weighted by Crippen LogP contribution is -2.25. The zero-order valence-electron chi connectivity index (χ0n) is 3.85. The average Bonchev–Trinajstić information content (AvgIpc) is 1.65. The Labute approximate surface area is 42.0 Å². The second-order valence-corrected chi connectivity index (χ2v) is 1.02. The van der Waals surface area contributed by atoms with E-state index in [1.54, 1.807) is 0 Å². The Kier molecular flexibility index (Phi) is 2.08. The van der Waals surface area contributed by atoms with Crippen LogP contribution in [-0.4, -0.2) is 5.91 Å². The largest absolute Gasteiger partial charge is 0.368 e. The van der Waals surface area contributed by atoms with E-state index in [9.17, 15) is 4.79 Å². The molecule has 0 aromatic rings. The van der Waals surface area contributed by atoms with E-state index < -0.39 is 5.91 Å². The van der Waals surface area contributed by atoms with Crippen LogP contribution >= 0.6 is 0 Å². The summed E-state index contributed by atoms with van der Waals surface area (Å²) >= 11 is 0. The van der Waals surface area contributed by atoms with Gasteiger partial charge in [-0.15, -0.1) is 6.58 Å². The zero-order valence-corrected chi connectivity index (χ0v) is 3.85. The molecule has 1 radical (unpaired) electrons. The summed E-state index contributed by atoms with van der Waals surface area (Å²) in [6.07, 6.45) is 1.21. The fraction of sp³-hybridized carbons (Fsp3) is 0. The standard InChI is InChI=1S/C4H7N2O/c1-2-3(5)4(6)7/h2H,1,5H2,(H2,6,7). The molecule has 0 saturated carbocycles. The molecule has 3 heteroatoms. The highest BCUT2D eigenvalue weighted by Gasteiger charge is 2.01. The molecule has 0 atom stereocenters. The van der Waals surface area contributed by atoms with Gasteiger partial charge in [-0.25, -0.2) is 0 Å². The Morgan fingerprint density at radius 2 is 2.00 bits per heavy atom. The van der Waals surface area contributed by atoms with Crippen LogP contribution < -0.4 is 11.5 Å². The van der Waals surface area contributed by atoms with E-state index in [4.69, 9.17) is 5.73 Å². The van der Waals surface area contributed by atoms with Gasteiger partial charge in [0, 0.05) is 0 Å². The minimum Gasteiger partial charge on any atom is -0.368 e. The van der Waals surface area contributed by atoms with Crippen molar-refractivity contribution in [3.63, 3.8) is 0 Å². The molecule has 39 valence electrons. The van der Waals surface area contributed by atoms with Crippen LogP contribution in [-0.2, 0) is 4.79 Å². The van der Waals surface area contributed by atoms with Crippen molar-refractivity contribution in [1.29, 1.82) is 0 Å². The summed E-state index contributed by atoms with van der Waals surface area (Å²) in [5, 5.41) is 0. The quantitative estimate of drug-likeness (QED) is 0.473. The van der Waals surface area contributed by atoms with Gasteiger partial charge >= 0.3 is 0 Å². The van der Waals surface area contributed by atoms with E-state index in [0.29, 0.717) is 0 Å². The molecule has 1 amide bonds. The molecule has 0 aliphatic carbocycles. The molecule has 0 aliphatic heterocycles. The molecular weight excluding hydrogens is 92.1 g/mol. The van der Waals surface area contributed by atoms with Crippen LogP contribution in [0.2, 0.25) is 0 Å². The second kappa shape index (κ2) is 2.36. The third-order valence-electron chi connectivity index (χ3n) is 0.504. The van der Waals surface area contributed by atoms with Crippen LogP contribution in [0.25, 0.3) is 0 Å². The summed E-state index contributed by atoms with van der Waals surface area (Å²) in [6, 6.07) is 0.000000000000000222.